The summed E-state index contributed by atoms with van der Waals surface area (Å²) >= 11 is 0. The molecule has 2 unspecified atom stereocenters. The maximum atomic E-state index is 2.50. The molecule has 22 heavy (non-hydrogen) atoms. The van der Waals surface area contributed by atoms with Crippen LogP contribution in [0.2, 0.25) is 0 Å². The fourth-order valence-electron chi connectivity index (χ4n) is 2.93. The van der Waals surface area contributed by atoms with Crippen LogP contribution in [0.5, 0.6) is 0 Å². The van der Waals surface area contributed by atoms with E-state index in [4.69, 9.17) is 0 Å². The molecular weight excluding hydrogens is 270 g/mol. The highest BCUT2D eigenvalue weighted by Crippen LogP contribution is 2.10. The summed E-state index contributed by atoms with van der Waals surface area (Å²) in [6.07, 6.45) is 2.57. The first-order valence-corrected chi connectivity index (χ1v) is 9.22. The van der Waals surface area contributed by atoms with Gasteiger partial charge in [-0.05, 0) is 59.7 Å². The molecule has 0 fully saturated rings. The standard InChI is InChI=1S/C19H43N3/c1-16(2)14-18(5)21(8)12-10-20(7)11-13-22(9)19(6)15-17(3)4/h16-19H,10-15H2,1-9H3. The van der Waals surface area contributed by atoms with Crippen LogP contribution in [0.3, 0.4) is 0 Å². The number of nitrogens with zero attached hydrogens (tertiary/aromatic N) is 3. The molecule has 0 aromatic rings. The van der Waals surface area contributed by atoms with Gasteiger partial charge in [0.1, 0.15) is 0 Å². The van der Waals surface area contributed by atoms with Gasteiger partial charge in [-0.3, -0.25) is 0 Å². The minimum absolute atomic E-state index is 0.683. The molecule has 0 saturated carbocycles. The maximum Gasteiger partial charge on any atom is 0.0109 e. The minimum atomic E-state index is 0.683. The lowest BCUT2D eigenvalue weighted by atomic mass is 10.0. The van der Waals surface area contributed by atoms with Crippen molar-refractivity contribution >= 4 is 0 Å². The zero-order chi connectivity index (χ0) is 17.3. The van der Waals surface area contributed by atoms with E-state index in [1.165, 1.54) is 12.8 Å². The molecule has 0 spiro atoms. The van der Waals surface area contributed by atoms with E-state index >= 15 is 0 Å². The predicted molar refractivity (Wildman–Crippen MR) is 101 cm³/mol. The fourth-order valence-corrected chi connectivity index (χ4v) is 2.93. The van der Waals surface area contributed by atoms with Gasteiger partial charge in [0.05, 0.1) is 0 Å². The molecule has 0 radical (unpaired) electrons. The Kier molecular flexibility index (Phi) is 11.4. The van der Waals surface area contributed by atoms with E-state index in [1.807, 2.05) is 0 Å². The Balaban J connectivity index is 3.92. The minimum Gasteiger partial charge on any atom is -0.304 e. The highest BCUT2D eigenvalue weighted by atomic mass is 15.2. The van der Waals surface area contributed by atoms with Crippen LogP contribution in [0.25, 0.3) is 0 Å². The lowest BCUT2D eigenvalue weighted by Gasteiger charge is -2.30. The molecule has 3 heteroatoms. The molecule has 0 heterocycles. The van der Waals surface area contributed by atoms with Gasteiger partial charge in [-0.25, -0.2) is 0 Å². The van der Waals surface area contributed by atoms with E-state index in [0.29, 0.717) is 12.1 Å². The van der Waals surface area contributed by atoms with E-state index in [1.54, 1.807) is 0 Å². The molecule has 0 aromatic heterocycles. The lowest BCUT2D eigenvalue weighted by molar-refractivity contribution is 0.171. The summed E-state index contributed by atoms with van der Waals surface area (Å²) in [5, 5.41) is 0. The third-order valence-electron chi connectivity index (χ3n) is 4.80. The second-order valence-corrected chi connectivity index (χ2v) is 8.22. The van der Waals surface area contributed by atoms with Crippen molar-refractivity contribution in [3.8, 4) is 0 Å². The van der Waals surface area contributed by atoms with E-state index < -0.39 is 0 Å². The SMILES string of the molecule is CC(C)CC(C)N(C)CCN(C)CCN(C)C(C)CC(C)C. The van der Waals surface area contributed by atoms with E-state index in [-0.39, 0.29) is 0 Å². The smallest absolute Gasteiger partial charge is 0.0109 e. The van der Waals surface area contributed by atoms with Crippen molar-refractivity contribution in [1.82, 2.24) is 14.7 Å². The van der Waals surface area contributed by atoms with Crippen LogP contribution in [0.4, 0.5) is 0 Å². The highest BCUT2D eigenvalue weighted by Gasteiger charge is 2.13. The average molecular weight is 314 g/mol. The predicted octanol–water partition coefficient (Wildman–Crippen LogP) is 3.65. The third-order valence-corrected chi connectivity index (χ3v) is 4.80. The topological polar surface area (TPSA) is 9.72 Å². The van der Waals surface area contributed by atoms with Crippen LogP contribution >= 0.6 is 0 Å². The zero-order valence-electron chi connectivity index (χ0n) is 16.9. The van der Waals surface area contributed by atoms with Crippen molar-refractivity contribution in [2.24, 2.45) is 11.8 Å². The summed E-state index contributed by atoms with van der Waals surface area (Å²) in [4.78, 5) is 7.47. The molecule has 0 rings (SSSR count). The van der Waals surface area contributed by atoms with E-state index in [2.05, 4.69) is 77.4 Å². The third kappa shape index (κ3) is 10.6. The zero-order valence-corrected chi connectivity index (χ0v) is 16.9. The summed E-state index contributed by atoms with van der Waals surface area (Å²) in [5.41, 5.74) is 0. The van der Waals surface area contributed by atoms with Crippen LogP contribution < -0.4 is 0 Å². The first kappa shape index (κ1) is 21.9. The van der Waals surface area contributed by atoms with E-state index in [0.717, 1.165) is 38.0 Å². The summed E-state index contributed by atoms with van der Waals surface area (Å²) < 4.78 is 0. The molecule has 0 aliphatic heterocycles. The van der Waals surface area contributed by atoms with Gasteiger partial charge in [0, 0.05) is 38.3 Å². The Hall–Kier alpha value is -0.120. The van der Waals surface area contributed by atoms with Crippen molar-refractivity contribution in [3.05, 3.63) is 0 Å². The van der Waals surface area contributed by atoms with Gasteiger partial charge in [0.25, 0.3) is 0 Å². The number of likely N-dealkylation sites (N-methyl/N-ethyl adjacent to an activating group) is 3. The van der Waals surface area contributed by atoms with Gasteiger partial charge >= 0.3 is 0 Å². The van der Waals surface area contributed by atoms with Gasteiger partial charge in [0.2, 0.25) is 0 Å². The van der Waals surface area contributed by atoms with Crippen molar-refractivity contribution < 1.29 is 0 Å². The number of hydrogen-bond donors (Lipinski definition) is 0. The molecule has 0 saturated heterocycles. The maximum absolute atomic E-state index is 2.50. The van der Waals surface area contributed by atoms with Gasteiger partial charge in [-0.15, -0.1) is 0 Å². The Bertz CT molecular complexity index is 239. The molecule has 0 aromatic carbocycles. The quantitative estimate of drug-likeness (QED) is 0.544. The normalized spacial score (nSPS) is 15.5. The lowest BCUT2D eigenvalue weighted by Crippen LogP contribution is -2.40. The average Bonchev–Trinajstić information content (AvgIpc) is 2.40. The van der Waals surface area contributed by atoms with Crippen LogP contribution in [0, 0.1) is 11.8 Å². The van der Waals surface area contributed by atoms with Crippen molar-refractivity contribution in [1.29, 1.82) is 0 Å². The Morgan fingerprint density at radius 3 is 1.14 bits per heavy atom. The highest BCUT2D eigenvalue weighted by molar-refractivity contribution is 4.69. The number of rotatable bonds is 12. The van der Waals surface area contributed by atoms with Crippen molar-refractivity contribution in [2.75, 3.05) is 47.3 Å². The molecule has 0 aliphatic rings. The summed E-state index contributed by atoms with van der Waals surface area (Å²) in [7, 11) is 6.78. The van der Waals surface area contributed by atoms with Gasteiger partial charge in [0.15, 0.2) is 0 Å². The van der Waals surface area contributed by atoms with Crippen molar-refractivity contribution in [3.63, 3.8) is 0 Å². The van der Waals surface area contributed by atoms with E-state index in [9.17, 15) is 0 Å². The summed E-state index contributed by atoms with van der Waals surface area (Å²) in [6, 6.07) is 1.37. The van der Waals surface area contributed by atoms with Gasteiger partial charge in [-0.2, -0.15) is 0 Å². The first-order valence-electron chi connectivity index (χ1n) is 9.22. The molecule has 0 aliphatic carbocycles. The van der Waals surface area contributed by atoms with Crippen LogP contribution in [0.15, 0.2) is 0 Å². The Labute approximate surface area is 141 Å². The molecule has 0 bridgehead atoms. The molecule has 0 amide bonds. The van der Waals surface area contributed by atoms with Gasteiger partial charge in [-0.1, -0.05) is 27.7 Å². The van der Waals surface area contributed by atoms with Crippen LogP contribution in [0.1, 0.15) is 54.4 Å². The second-order valence-electron chi connectivity index (χ2n) is 8.22. The monoisotopic (exact) mass is 313 g/mol. The van der Waals surface area contributed by atoms with Crippen molar-refractivity contribution in [2.45, 2.75) is 66.5 Å². The summed E-state index contributed by atoms with van der Waals surface area (Å²) in [5.74, 6) is 1.57. The fraction of sp³-hybridized carbons (Fsp3) is 1.00. The summed E-state index contributed by atoms with van der Waals surface area (Å²) in [6.45, 7) is 18.6. The molecule has 134 valence electrons. The van der Waals surface area contributed by atoms with Crippen LogP contribution in [-0.4, -0.2) is 74.1 Å². The first-order chi connectivity index (χ1) is 10.1. The second kappa shape index (κ2) is 11.4. The van der Waals surface area contributed by atoms with Crippen LogP contribution in [-0.2, 0) is 0 Å². The Morgan fingerprint density at radius 2 is 0.864 bits per heavy atom. The Morgan fingerprint density at radius 1 is 0.545 bits per heavy atom. The molecule has 0 N–H and O–H groups in total. The largest absolute Gasteiger partial charge is 0.304 e. The molecule has 3 nitrogen and oxygen atoms in total. The molecular formula is C19H43N3. The van der Waals surface area contributed by atoms with Gasteiger partial charge < -0.3 is 14.7 Å². The molecule has 2 atom stereocenters. The number of hydrogen-bond acceptors (Lipinski definition) is 3.